The predicted molar refractivity (Wildman–Crippen MR) is 137 cm³/mol. The van der Waals surface area contributed by atoms with Gasteiger partial charge in [-0.05, 0) is 24.3 Å². The molecule has 1 aromatic carbocycles. The molecule has 0 saturated carbocycles. The summed E-state index contributed by atoms with van der Waals surface area (Å²) in [5, 5.41) is 25.9. The van der Waals surface area contributed by atoms with Gasteiger partial charge in [0.15, 0.2) is 23.7 Å². The molecule has 3 saturated heterocycles. The van der Waals surface area contributed by atoms with Gasteiger partial charge in [0.05, 0.1) is 19.1 Å². The number of ether oxygens (including phenoxy) is 1. The molecule has 1 spiro atoms. The highest BCUT2D eigenvalue weighted by atomic mass is 16.6. The average Bonchev–Trinajstić information content (AvgIpc) is 3.52. The van der Waals surface area contributed by atoms with Gasteiger partial charge in [-0.1, -0.05) is 30.3 Å². The van der Waals surface area contributed by atoms with E-state index < -0.39 is 35.7 Å². The first kappa shape index (κ1) is 25.4. The first-order chi connectivity index (χ1) is 18.6. The van der Waals surface area contributed by atoms with Gasteiger partial charge < -0.3 is 41.5 Å². The van der Waals surface area contributed by atoms with Crippen molar-refractivity contribution in [1.29, 1.82) is 0 Å². The molecule has 5 heterocycles. The number of likely N-dealkylation sites (tertiary alicyclic amines) is 2. The lowest BCUT2D eigenvalue weighted by atomic mass is 9.85. The van der Waals surface area contributed by atoms with E-state index in [1.165, 1.54) is 10.5 Å². The summed E-state index contributed by atoms with van der Waals surface area (Å²) in [6.07, 6.45) is -0.379. The number of hydrogen-bond acceptors (Lipinski definition) is 12. The summed E-state index contributed by atoms with van der Waals surface area (Å²) >= 11 is 0. The highest BCUT2D eigenvalue weighted by Gasteiger charge is 2.74. The molecule has 0 aromatic heterocycles. The maximum Gasteiger partial charge on any atom is 0.410 e. The predicted octanol–water partition coefficient (Wildman–Crippen LogP) is -1.80. The summed E-state index contributed by atoms with van der Waals surface area (Å²) in [6, 6.07) is 8.17. The van der Waals surface area contributed by atoms with Crippen molar-refractivity contribution in [3.05, 3.63) is 35.9 Å². The monoisotopic (exact) mass is 540 g/mol. The minimum absolute atomic E-state index is 0.0811. The molecule has 0 radical (unpaired) electrons. The van der Waals surface area contributed by atoms with E-state index in [1.54, 1.807) is 4.90 Å². The van der Waals surface area contributed by atoms with Crippen LogP contribution in [0.2, 0.25) is 0 Å². The van der Waals surface area contributed by atoms with Gasteiger partial charge in [-0.15, -0.1) is 0 Å². The van der Waals surface area contributed by atoms with Crippen LogP contribution < -0.4 is 16.8 Å². The topological polar surface area (TPSA) is 199 Å². The number of carbonyl (C=O) groups is 3. The fraction of sp³-hybridized carbons (Fsp3) is 0.560. The Labute approximate surface area is 224 Å². The zero-order valence-corrected chi connectivity index (χ0v) is 21.3. The highest BCUT2D eigenvalue weighted by Crippen LogP contribution is 2.46. The van der Waals surface area contributed by atoms with Crippen molar-refractivity contribution >= 4 is 29.8 Å². The van der Waals surface area contributed by atoms with Crippen molar-refractivity contribution in [3.63, 3.8) is 0 Å². The maximum atomic E-state index is 13.1. The first-order valence-electron chi connectivity index (χ1n) is 13.1. The van der Waals surface area contributed by atoms with Crippen LogP contribution in [-0.2, 0) is 14.3 Å². The Bertz CT molecular complexity index is 1230. The number of aliphatic hydroxyl groups is 2. The van der Waals surface area contributed by atoms with Crippen LogP contribution in [-0.4, -0.2) is 111 Å². The van der Waals surface area contributed by atoms with Crippen molar-refractivity contribution in [3.8, 4) is 0 Å². The number of benzene rings is 1. The van der Waals surface area contributed by atoms with Crippen LogP contribution in [0.25, 0.3) is 0 Å². The lowest BCUT2D eigenvalue weighted by Crippen LogP contribution is -2.77. The van der Waals surface area contributed by atoms with Crippen LogP contribution in [0.3, 0.4) is 0 Å². The van der Waals surface area contributed by atoms with E-state index in [0.717, 1.165) is 17.7 Å². The van der Waals surface area contributed by atoms with Crippen LogP contribution in [0.5, 0.6) is 0 Å². The second kappa shape index (κ2) is 9.09. The van der Waals surface area contributed by atoms with Crippen molar-refractivity contribution < 1.29 is 29.3 Å². The van der Waals surface area contributed by atoms with Crippen molar-refractivity contribution in [2.75, 3.05) is 26.2 Å². The normalized spacial score (nSPS) is 31.9. The second-order valence-corrected chi connectivity index (χ2v) is 10.7. The first-order valence-corrected chi connectivity index (χ1v) is 13.1. The Balaban J connectivity index is 1.19. The highest BCUT2D eigenvalue weighted by molar-refractivity contribution is 6.02. The Hall–Kier alpha value is -3.91. The molecule has 3 amide bonds. The molecule has 14 nitrogen and oxygen atoms in total. The Morgan fingerprint density at radius 1 is 1.08 bits per heavy atom. The Morgan fingerprint density at radius 2 is 1.74 bits per heavy atom. The van der Waals surface area contributed by atoms with Gasteiger partial charge in [-0.3, -0.25) is 14.5 Å². The third-order valence-corrected chi connectivity index (χ3v) is 8.54. The minimum Gasteiger partial charge on any atom is -0.438 e. The molecule has 3 fully saturated rings. The van der Waals surface area contributed by atoms with Crippen molar-refractivity contribution in [2.45, 2.75) is 61.2 Å². The molecule has 5 aliphatic rings. The van der Waals surface area contributed by atoms with Crippen LogP contribution in [0.1, 0.15) is 37.2 Å². The standard InChI is InChI=1S/C25H32N8O6/c26-21-29-20-16(12-32-18(34)6-7-19(32)35)28-22(27)33-13-17(25(37,38)24(20,33)30-21)39-23(36)31-10-8-15(9-11-31)14-4-2-1-3-5-14/h1-5,15-17,20,37-38H,6-13H2,(H2,27,28)(H3,26,29,30)/t16?,17?,20-,24-/m0/s1. The quantitative estimate of drug-likeness (QED) is 0.214. The molecule has 0 bridgehead atoms. The van der Waals surface area contributed by atoms with E-state index in [2.05, 4.69) is 27.4 Å². The number of aliphatic imine (C=N–C) groups is 2. The molecule has 0 aliphatic carbocycles. The lowest BCUT2D eigenvalue weighted by molar-refractivity contribution is -0.257. The van der Waals surface area contributed by atoms with E-state index in [9.17, 15) is 24.6 Å². The number of hydrogen-bond donors (Lipinski definition) is 5. The third kappa shape index (κ3) is 3.88. The number of guanidine groups is 2. The number of carbonyl (C=O) groups excluding carboxylic acids is 3. The van der Waals surface area contributed by atoms with E-state index in [0.29, 0.717) is 19.0 Å². The van der Waals surface area contributed by atoms with E-state index in [-0.39, 0.29) is 49.7 Å². The second-order valence-electron chi connectivity index (χ2n) is 10.7. The molecule has 4 atom stereocenters. The lowest BCUT2D eigenvalue weighted by Gasteiger charge is -2.48. The number of nitrogens with one attached hydrogen (secondary N) is 1. The zero-order chi connectivity index (χ0) is 27.5. The fourth-order valence-corrected chi connectivity index (χ4v) is 6.50. The van der Waals surface area contributed by atoms with E-state index >= 15 is 0 Å². The molecule has 39 heavy (non-hydrogen) atoms. The molecule has 6 rings (SSSR count). The number of nitrogens with two attached hydrogens (primary N) is 2. The van der Waals surface area contributed by atoms with Gasteiger partial charge in [0, 0.05) is 25.9 Å². The number of rotatable bonds is 4. The van der Waals surface area contributed by atoms with Crippen LogP contribution >= 0.6 is 0 Å². The van der Waals surface area contributed by atoms with Gasteiger partial charge in [-0.25, -0.2) is 14.8 Å². The number of nitrogens with zero attached hydrogens (tertiary/aromatic N) is 5. The van der Waals surface area contributed by atoms with Crippen LogP contribution in [0.4, 0.5) is 4.79 Å². The number of imide groups is 1. The van der Waals surface area contributed by atoms with Crippen molar-refractivity contribution in [1.82, 2.24) is 20.0 Å². The average molecular weight is 541 g/mol. The summed E-state index contributed by atoms with van der Waals surface area (Å²) in [7, 11) is 0. The Kier molecular flexibility index (Phi) is 5.91. The molecule has 2 unspecified atom stereocenters. The summed E-state index contributed by atoms with van der Waals surface area (Å²) in [5.41, 5.74) is 11.7. The van der Waals surface area contributed by atoms with Gasteiger partial charge in [0.2, 0.25) is 17.6 Å². The molecule has 5 aliphatic heterocycles. The fourth-order valence-electron chi connectivity index (χ4n) is 6.50. The zero-order valence-electron chi connectivity index (χ0n) is 21.3. The molecular weight excluding hydrogens is 508 g/mol. The Morgan fingerprint density at radius 3 is 2.41 bits per heavy atom. The van der Waals surface area contributed by atoms with E-state index in [4.69, 9.17) is 16.2 Å². The van der Waals surface area contributed by atoms with Gasteiger partial charge >= 0.3 is 6.09 Å². The SMILES string of the molecule is NC1=N[C@H]2C(CN3C(=O)CCC3=O)N=C(N)N3CC(OC(=O)N4CCC(c5ccccc5)CC4)C(O)(O)[C@]23N1. The summed E-state index contributed by atoms with van der Waals surface area (Å²) in [5.74, 6) is -3.24. The van der Waals surface area contributed by atoms with Crippen LogP contribution in [0.15, 0.2) is 40.3 Å². The number of amides is 3. The maximum absolute atomic E-state index is 13.1. The largest absolute Gasteiger partial charge is 0.438 e. The smallest absolute Gasteiger partial charge is 0.410 e. The third-order valence-electron chi connectivity index (χ3n) is 8.54. The van der Waals surface area contributed by atoms with Crippen LogP contribution in [0, 0.1) is 0 Å². The summed E-state index contributed by atoms with van der Waals surface area (Å²) in [4.78, 5) is 50.4. The molecule has 7 N–H and O–H groups in total. The minimum atomic E-state index is -2.70. The summed E-state index contributed by atoms with van der Waals surface area (Å²) < 4.78 is 5.67. The van der Waals surface area contributed by atoms with Gasteiger partial charge in [-0.2, -0.15) is 0 Å². The molecule has 208 valence electrons. The van der Waals surface area contributed by atoms with E-state index in [1.807, 2.05) is 18.2 Å². The number of piperidine rings is 1. The summed E-state index contributed by atoms with van der Waals surface area (Å²) in [6.45, 7) is 0.595. The molecular formula is C25H32N8O6. The molecule has 1 aromatic rings. The van der Waals surface area contributed by atoms with Gasteiger partial charge in [0.1, 0.15) is 6.04 Å². The van der Waals surface area contributed by atoms with Crippen molar-refractivity contribution in [2.24, 2.45) is 21.5 Å². The molecule has 14 heteroatoms. The van der Waals surface area contributed by atoms with Gasteiger partial charge in [0.25, 0.3) is 0 Å².